The maximum absolute atomic E-state index is 12.0. The average molecular weight is 277 g/mol. The number of carbonyl (C=O) groups is 2. The van der Waals surface area contributed by atoms with Gasteiger partial charge in [0.1, 0.15) is 6.04 Å². The first-order chi connectivity index (χ1) is 9.58. The van der Waals surface area contributed by atoms with E-state index in [1.165, 1.54) is 0 Å². The van der Waals surface area contributed by atoms with Crippen LogP contribution in [0.1, 0.15) is 42.1 Å². The van der Waals surface area contributed by atoms with Crippen LogP contribution in [0.5, 0.6) is 0 Å². The van der Waals surface area contributed by atoms with E-state index in [4.69, 9.17) is 11.5 Å². The molecule has 0 aliphatic rings. The number of rotatable bonds is 8. The molecule has 1 atom stereocenters. The predicted octanol–water partition coefficient (Wildman–Crippen LogP) is 0.962. The minimum Gasteiger partial charge on any atom is -0.368 e. The van der Waals surface area contributed by atoms with Crippen molar-refractivity contribution < 1.29 is 9.59 Å². The molecule has 0 fully saturated rings. The van der Waals surface area contributed by atoms with E-state index in [9.17, 15) is 9.59 Å². The number of nitrogens with one attached hydrogen (secondary N) is 1. The molecule has 1 rings (SSSR count). The van der Waals surface area contributed by atoms with Gasteiger partial charge < -0.3 is 16.8 Å². The number of hydrogen-bond acceptors (Lipinski definition) is 3. The summed E-state index contributed by atoms with van der Waals surface area (Å²) >= 11 is 0. The highest BCUT2D eigenvalue weighted by atomic mass is 16.2. The van der Waals surface area contributed by atoms with Crippen molar-refractivity contribution in [3.8, 4) is 0 Å². The van der Waals surface area contributed by atoms with Gasteiger partial charge in [0.05, 0.1) is 0 Å². The Kier molecular flexibility index (Phi) is 6.73. The summed E-state index contributed by atoms with van der Waals surface area (Å²) in [7, 11) is 0. The molecule has 0 bridgehead atoms. The Hall–Kier alpha value is -1.88. The molecule has 5 nitrogen and oxygen atoms in total. The van der Waals surface area contributed by atoms with Crippen LogP contribution in [0.2, 0.25) is 0 Å². The minimum atomic E-state index is -0.605. The van der Waals surface area contributed by atoms with Gasteiger partial charge in [-0.3, -0.25) is 9.59 Å². The highest BCUT2D eigenvalue weighted by molar-refractivity contribution is 5.97. The molecule has 0 saturated heterocycles. The molecular formula is C15H23N3O2. The molecule has 5 N–H and O–H groups in total. The van der Waals surface area contributed by atoms with Crippen LogP contribution in [0, 0.1) is 0 Å². The van der Waals surface area contributed by atoms with Gasteiger partial charge in [-0.2, -0.15) is 0 Å². The van der Waals surface area contributed by atoms with E-state index >= 15 is 0 Å². The van der Waals surface area contributed by atoms with Crippen molar-refractivity contribution in [2.75, 3.05) is 6.54 Å². The van der Waals surface area contributed by atoms with Crippen LogP contribution < -0.4 is 16.8 Å². The number of amides is 2. The highest BCUT2D eigenvalue weighted by Crippen LogP contribution is 2.07. The van der Waals surface area contributed by atoms with Gasteiger partial charge in [-0.25, -0.2) is 0 Å². The quantitative estimate of drug-likeness (QED) is 0.660. The molecule has 0 aliphatic carbocycles. The Morgan fingerprint density at radius 2 is 1.90 bits per heavy atom. The van der Waals surface area contributed by atoms with Gasteiger partial charge in [-0.15, -0.1) is 0 Å². The molecule has 0 aromatic heterocycles. The molecule has 0 radical (unpaired) electrons. The van der Waals surface area contributed by atoms with Crippen LogP contribution in [-0.2, 0) is 11.2 Å². The average Bonchev–Trinajstić information content (AvgIpc) is 2.44. The van der Waals surface area contributed by atoms with E-state index in [-0.39, 0.29) is 5.91 Å². The summed E-state index contributed by atoms with van der Waals surface area (Å²) < 4.78 is 0. The first kappa shape index (κ1) is 16.2. The minimum absolute atomic E-state index is 0.274. The maximum atomic E-state index is 12.0. The smallest absolute Gasteiger partial charge is 0.251 e. The molecule has 0 spiro atoms. The summed E-state index contributed by atoms with van der Waals surface area (Å²) in [5, 5.41) is 2.68. The molecule has 1 aromatic rings. The summed E-state index contributed by atoms with van der Waals surface area (Å²) in [5.74, 6) is -0.768. The van der Waals surface area contributed by atoms with Crippen molar-refractivity contribution >= 4 is 11.8 Å². The van der Waals surface area contributed by atoms with Gasteiger partial charge in [0.2, 0.25) is 5.91 Å². The zero-order valence-corrected chi connectivity index (χ0v) is 11.9. The first-order valence-corrected chi connectivity index (χ1v) is 6.97. The van der Waals surface area contributed by atoms with Crippen molar-refractivity contribution in [1.29, 1.82) is 0 Å². The Labute approximate surface area is 119 Å². The van der Waals surface area contributed by atoms with Gasteiger partial charge in [0, 0.05) is 5.56 Å². The zero-order valence-electron chi connectivity index (χ0n) is 11.9. The Morgan fingerprint density at radius 3 is 2.40 bits per heavy atom. The molecule has 5 heteroatoms. The number of unbranched alkanes of at least 4 members (excludes halogenated alkanes) is 1. The van der Waals surface area contributed by atoms with Crippen molar-refractivity contribution in [3.63, 3.8) is 0 Å². The van der Waals surface area contributed by atoms with Gasteiger partial charge in [-0.05, 0) is 37.1 Å². The maximum Gasteiger partial charge on any atom is 0.251 e. The van der Waals surface area contributed by atoms with Crippen LogP contribution in [-0.4, -0.2) is 24.4 Å². The normalized spacial score (nSPS) is 11.9. The lowest BCUT2D eigenvalue weighted by Crippen LogP contribution is -2.44. The van der Waals surface area contributed by atoms with Crippen molar-refractivity contribution in [1.82, 2.24) is 5.32 Å². The van der Waals surface area contributed by atoms with E-state index in [0.29, 0.717) is 18.5 Å². The van der Waals surface area contributed by atoms with Crippen LogP contribution in [0.15, 0.2) is 24.3 Å². The molecule has 20 heavy (non-hydrogen) atoms. The van der Waals surface area contributed by atoms with Gasteiger partial charge in [0.25, 0.3) is 5.91 Å². The fraction of sp³-hybridized carbons (Fsp3) is 0.467. The fourth-order valence-corrected chi connectivity index (χ4v) is 1.92. The van der Waals surface area contributed by atoms with Crippen LogP contribution in [0.3, 0.4) is 0 Å². The van der Waals surface area contributed by atoms with Crippen LogP contribution in [0.25, 0.3) is 0 Å². The monoisotopic (exact) mass is 277 g/mol. The van der Waals surface area contributed by atoms with Gasteiger partial charge >= 0.3 is 0 Å². The third-order valence-electron chi connectivity index (χ3n) is 3.14. The second-order valence-electron chi connectivity index (χ2n) is 4.81. The summed E-state index contributed by atoms with van der Waals surface area (Å²) in [6.45, 7) is 2.60. The molecule has 110 valence electrons. The molecule has 2 amide bonds. The molecule has 0 aliphatic heterocycles. The predicted molar refractivity (Wildman–Crippen MR) is 79.2 cm³/mol. The third-order valence-corrected chi connectivity index (χ3v) is 3.14. The number of primary amides is 1. The van der Waals surface area contributed by atoms with Crippen LogP contribution >= 0.6 is 0 Å². The van der Waals surface area contributed by atoms with Crippen molar-refractivity contribution in [2.24, 2.45) is 11.5 Å². The Bertz CT molecular complexity index is 443. The SMILES string of the molecule is CCCC[C@H](NC(=O)c1ccc(CCN)cc1)C(N)=O. The summed E-state index contributed by atoms with van der Waals surface area (Å²) in [6, 6.07) is 6.60. The molecular weight excluding hydrogens is 254 g/mol. The third kappa shape index (κ3) is 5.01. The standard InChI is InChI=1S/C15H23N3O2/c1-2-3-4-13(14(17)19)18-15(20)12-7-5-11(6-8-12)9-10-16/h5-8,13H,2-4,9-10,16H2,1H3,(H2,17,19)(H,18,20)/t13-/m0/s1. The van der Waals surface area contributed by atoms with E-state index in [1.807, 2.05) is 19.1 Å². The van der Waals surface area contributed by atoms with Gasteiger partial charge in [0.15, 0.2) is 0 Å². The number of hydrogen-bond donors (Lipinski definition) is 3. The summed E-state index contributed by atoms with van der Waals surface area (Å²) in [6.07, 6.45) is 3.15. The molecule has 0 heterocycles. The van der Waals surface area contributed by atoms with E-state index in [2.05, 4.69) is 5.32 Å². The summed E-state index contributed by atoms with van der Waals surface area (Å²) in [5.41, 5.74) is 12.4. The van der Waals surface area contributed by atoms with Gasteiger partial charge in [-0.1, -0.05) is 31.9 Å². The molecule has 0 unspecified atom stereocenters. The second-order valence-corrected chi connectivity index (χ2v) is 4.81. The topological polar surface area (TPSA) is 98.2 Å². The second kappa shape index (κ2) is 8.32. The highest BCUT2D eigenvalue weighted by Gasteiger charge is 2.18. The number of carbonyl (C=O) groups excluding carboxylic acids is 2. The van der Waals surface area contributed by atoms with Crippen molar-refractivity contribution in [2.45, 2.75) is 38.6 Å². The fourth-order valence-electron chi connectivity index (χ4n) is 1.92. The largest absolute Gasteiger partial charge is 0.368 e. The molecule has 1 aromatic carbocycles. The summed E-state index contributed by atoms with van der Waals surface area (Å²) in [4.78, 5) is 23.4. The van der Waals surface area contributed by atoms with E-state index in [0.717, 1.165) is 24.8 Å². The lowest BCUT2D eigenvalue weighted by molar-refractivity contribution is -0.120. The number of benzene rings is 1. The van der Waals surface area contributed by atoms with Crippen molar-refractivity contribution in [3.05, 3.63) is 35.4 Å². The Morgan fingerprint density at radius 1 is 1.25 bits per heavy atom. The number of nitrogens with two attached hydrogens (primary N) is 2. The first-order valence-electron chi connectivity index (χ1n) is 6.97. The lowest BCUT2D eigenvalue weighted by atomic mass is 10.1. The molecule has 0 saturated carbocycles. The zero-order chi connectivity index (χ0) is 15.0. The lowest BCUT2D eigenvalue weighted by Gasteiger charge is -2.15. The Balaban J connectivity index is 2.65. The van der Waals surface area contributed by atoms with E-state index in [1.54, 1.807) is 12.1 Å². The van der Waals surface area contributed by atoms with Crippen LogP contribution in [0.4, 0.5) is 0 Å². The van der Waals surface area contributed by atoms with E-state index < -0.39 is 11.9 Å².